The van der Waals surface area contributed by atoms with Crippen LogP contribution < -0.4 is 19.8 Å². The van der Waals surface area contributed by atoms with Crippen LogP contribution in [0, 0.1) is 0 Å². The summed E-state index contributed by atoms with van der Waals surface area (Å²) in [7, 11) is 0. The van der Waals surface area contributed by atoms with E-state index in [1.165, 1.54) is 39.0 Å². The van der Waals surface area contributed by atoms with Crippen molar-refractivity contribution in [3.05, 3.63) is 40.8 Å². The maximum absolute atomic E-state index is 12.6. The van der Waals surface area contributed by atoms with E-state index >= 15 is 0 Å². The van der Waals surface area contributed by atoms with Gasteiger partial charge in [-0.2, -0.15) is 0 Å². The van der Waals surface area contributed by atoms with Gasteiger partial charge in [0.05, 0.1) is 13.2 Å². The first-order chi connectivity index (χ1) is 16.1. The van der Waals surface area contributed by atoms with Gasteiger partial charge in [-0.15, -0.1) is 0 Å². The Kier molecular flexibility index (Phi) is 12.2. The highest BCUT2D eigenvalue weighted by molar-refractivity contribution is 5.93. The van der Waals surface area contributed by atoms with E-state index in [9.17, 15) is 9.59 Å². The van der Waals surface area contributed by atoms with Crippen molar-refractivity contribution in [1.82, 2.24) is 0 Å². The Balaban J connectivity index is 2.13. The molecule has 0 aliphatic rings. The number of fused-ring (bicyclic) bond motifs is 1. The molecule has 0 radical (unpaired) electrons. The van der Waals surface area contributed by atoms with E-state index in [-0.39, 0.29) is 17.1 Å². The average Bonchev–Trinajstić information content (AvgIpc) is 2.79. The minimum Gasteiger partial charge on any atom is -0.492 e. The van der Waals surface area contributed by atoms with E-state index in [4.69, 9.17) is 18.6 Å². The van der Waals surface area contributed by atoms with Gasteiger partial charge in [-0.3, -0.25) is 4.79 Å². The summed E-state index contributed by atoms with van der Waals surface area (Å²) in [6, 6.07) is 5.15. The Morgan fingerprint density at radius 1 is 0.909 bits per heavy atom. The van der Waals surface area contributed by atoms with Crippen LogP contribution in [0.3, 0.4) is 0 Å². The molecule has 0 N–H and O–H groups in total. The molecular weight excluding hydrogens is 420 g/mol. The molecule has 0 fully saturated rings. The van der Waals surface area contributed by atoms with Gasteiger partial charge in [0.15, 0.2) is 5.75 Å². The first-order valence-electron chi connectivity index (χ1n) is 12.3. The molecule has 0 aliphatic carbocycles. The van der Waals surface area contributed by atoms with Crippen LogP contribution in [0.25, 0.3) is 11.0 Å². The van der Waals surface area contributed by atoms with Gasteiger partial charge in [-0.05, 0) is 31.4 Å². The summed E-state index contributed by atoms with van der Waals surface area (Å²) in [5, 5.41) is 0.428. The van der Waals surface area contributed by atoms with Crippen LogP contribution in [0.2, 0.25) is 0 Å². The van der Waals surface area contributed by atoms with Gasteiger partial charge < -0.3 is 18.6 Å². The Morgan fingerprint density at radius 2 is 1.64 bits per heavy atom. The predicted molar refractivity (Wildman–Crippen MR) is 131 cm³/mol. The number of allylic oxidation sites excluding steroid dienone is 1. The van der Waals surface area contributed by atoms with Crippen molar-refractivity contribution in [3.63, 3.8) is 0 Å². The van der Waals surface area contributed by atoms with E-state index < -0.39 is 11.6 Å². The Morgan fingerprint density at radius 3 is 2.33 bits per heavy atom. The summed E-state index contributed by atoms with van der Waals surface area (Å²) in [6.45, 7) is 6.38. The first-order valence-corrected chi connectivity index (χ1v) is 12.3. The van der Waals surface area contributed by atoms with Crippen LogP contribution in [0.15, 0.2) is 39.6 Å². The molecule has 0 saturated carbocycles. The van der Waals surface area contributed by atoms with Crippen LogP contribution in [0.5, 0.6) is 17.2 Å². The van der Waals surface area contributed by atoms with E-state index in [0.29, 0.717) is 24.3 Å². The number of ether oxygens (including phenoxy) is 3. The van der Waals surface area contributed by atoms with Gasteiger partial charge in [0.1, 0.15) is 16.7 Å². The predicted octanol–water partition coefficient (Wildman–Crippen LogP) is 6.97. The highest BCUT2D eigenvalue weighted by Gasteiger charge is 2.22. The fourth-order valence-electron chi connectivity index (χ4n) is 3.59. The fourth-order valence-corrected chi connectivity index (χ4v) is 3.59. The fraction of sp³-hybridized carbons (Fsp3) is 0.556. The summed E-state index contributed by atoms with van der Waals surface area (Å²) < 4.78 is 22.6. The molecule has 0 spiro atoms. The lowest BCUT2D eigenvalue weighted by molar-refractivity contribution is -0.131. The summed E-state index contributed by atoms with van der Waals surface area (Å²) in [6.07, 6.45) is 15.1. The Bertz CT molecular complexity index is 944. The third-order valence-electron chi connectivity index (χ3n) is 5.24. The maximum Gasteiger partial charge on any atom is 0.383 e. The lowest BCUT2D eigenvalue weighted by Gasteiger charge is -2.14. The van der Waals surface area contributed by atoms with Crippen LogP contribution in [-0.2, 0) is 4.79 Å². The summed E-state index contributed by atoms with van der Waals surface area (Å²) >= 11 is 0. The number of carbonyl (C=O) groups excluding carboxylic acids is 1. The second-order valence-corrected chi connectivity index (χ2v) is 8.11. The number of carbonyl (C=O) groups is 1. The minimum absolute atomic E-state index is 0.0630. The zero-order valence-electron chi connectivity index (χ0n) is 20.3. The lowest BCUT2D eigenvalue weighted by atomic mass is 10.1. The molecule has 6 nitrogen and oxygen atoms in total. The largest absolute Gasteiger partial charge is 0.492 e. The van der Waals surface area contributed by atoms with Crippen molar-refractivity contribution in [1.29, 1.82) is 0 Å². The number of hydrogen-bond acceptors (Lipinski definition) is 6. The molecule has 2 rings (SSSR count). The van der Waals surface area contributed by atoms with Crippen LogP contribution in [0.1, 0.15) is 85.0 Å². The molecular formula is C27H38O6. The quantitative estimate of drug-likeness (QED) is 0.117. The number of unbranched alkanes of at least 4 members (excludes halogenated alkanes) is 7. The zero-order chi connectivity index (χ0) is 23.9. The van der Waals surface area contributed by atoms with Gasteiger partial charge in [0.2, 0.25) is 5.75 Å². The molecule has 6 heteroatoms. The second-order valence-electron chi connectivity index (χ2n) is 8.11. The SMILES string of the molecule is CC/C=C/CCOc1cccc2oc(=O)c(OCCCCCCCCCC)c(OC(C)=O)c12. The van der Waals surface area contributed by atoms with Crippen molar-refractivity contribution >= 4 is 16.9 Å². The van der Waals surface area contributed by atoms with Crippen LogP contribution in [-0.4, -0.2) is 19.2 Å². The van der Waals surface area contributed by atoms with Crippen molar-refractivity contribution in [3.8, 4) is 17.2 Å². The maximum atomic E-state index is 12.6. The van der Waals surface area contributed by atoms with Gasteiger partial charge in [0, 0.05) is 6.92 Å². The van der Waals surface area contributed by atoms with E-state index in [2.05, 4.69) is 26.0 Å². The molecule has 1 aromatic heterocycles. The summed E-state index contributed by atoms with van der Waals surface area (Å²) in [5.74, 6) is -0.0792. The summed E-state index contributed by atoms with van der Waals surface area (Å²) in [5.41, 5.74) is -0.376. The van der Waals surface area contributed by atoms with Crippen LogP contribution >= 0.6 is 0 Å². The van der Waals surface area contributed by atoms with Crippen molar-refractivity contribution in [2.24, 2.45) is 0 Å². The summed E-state index contributed by atoms with van der Waals surface area (Å²) in [4.78, 5) is 24.4. The van der Waals surface area contributed by atoms with E-state index in [0.717, 1.165) is 32.1 Å². The zero-order valence-corrected chi connectivity index (χ0v) is 20.3. The third kappa shape index (κ3) is 8.95. The smallest absolute Gasteiger partial charge is 0.383 e. The van der Waals surface area contributed by atoms with E-state index in [1.54, 1.807) is 18.2 Å². The molecule has 0 saturated heterocycles. The number of rotatable bonds is 16. The highest BCUT2D eigenvalue weighted by atomic mass is 16.6. The Labute approximate surface area is 196 Å². The molecule has 0 amide bonds. The minimum atomic E-state index is -0.665. The number of hydrogen-bond donors (Lipinski definition) is 0. The van der Waals surface area contributed by atoms with Gasteiger partial charge in [-0.25, -0.2) is 4.79 Å². The Hall–Kier alpha value is -2.76. The highest BCUT2D eigenvalue weighted by Crippen LogP contribution is 2.39. The second kappa shape index (κ2) is 15.1. The normalized spacial score (nSPS) is 11.2. The molecule has 0 bridgehead atoms. The van der Waals surface area contributed by atoms with E-state index in [1.807, 2.05) is 0 Å². The number of esters is 1. The third-order valence-corrected chi connectivity index (χ3v) is 5.24. The standard InChI is InChI=1S/C27H38O6/c1-4-6-8-10-11-12-13-15-20-31-26-25(32-21(3)28)24-22(30-19-14-9-7-5-2)17-16-18-23(24)33-27(26)29/h7,9,16-18H,4-6,8,10-15,19-20H2,1-3H3/b9-7+. The number of benzene rings is 1. The molecule has 0 atom stereocenters. The van der Waals surface area contributed by atoms with Crippen molar-refractivity contribution in [2.45, 2.75) is 85.0 Å². The van der Waals surface area contributed by atoms with Crippen molar-refractivity contribution in [2.75, 3.05) is 13.2 Å². The molecule has 0 aliphatic heterocycles. The molecule has 1 heterocycles. The monoisotopic (exact) mass is 458 g/mol. The van der Waals surface area contributed by atoms with Crippen molar-refractivity contribution < 1.29 is 23.4 Å². The van der Waals surface area contributed by atoms with Gasteiger partial charge >= 0.3 is 11.6 Å². The van der Waals surface area contributed by atoms with Crippen LogP contribution in [0.4, 0.5) is 0 Å². The first kappa shape index (κ1) is 26.5. The lowest BCUT2D eigenvalue weighted by Crippen LogP contribution is -2.13. The topological polar surface area (TPSA) is 75.0 Å². The molecule has 33 heavy (non-hydrogen) atoms. The average molecular weight is 459 g/mol. The molecule has 2 aromatic rings. The molecule has 182 valence electrons. The molecule has 0 unspecified atom stereocenters. The molecule has 1 aromatic carbocycles. The van der Waals surface area contributed by atoms with Gasteiger partial charge in [0.25, 0.3) is 0 Å². The van der Waals surface area contributed by atoms with Gasteiger partial charge in [-0.1, -0.05) is 77.0 Å².